The number of nitrogens with zero attached hydrogens (tertiary/aromatic N) is 3. The molecule has 0 fully saturated rings. The summed E-state index contributed by atoms with van der Waals surface area (Å²) in [6.07, 6.45) is 2.31. The van der Waals surface area contributed by atoms with Gasteiger partial charge in [0.15, 0.2) is 10.8 Å². The van der Waals surface area contributed by atoms with Gasteiger partial charge in [-0.15, -0.1) is 11.3 Å². The Morgan fingerprint density at radius 1 is 1.43 bits per heavy atom. The highest BCUT2D eigenvalue weighted by Crippen LogP contribution is 2.23. The number of hydrogen-bond acceptors (Lipinski definition) is 6. The molecule has 0 aromatic carbocycles. The summed E-state index contributed by atoms with van der Waals surface area (Å²) in [5.41, 5.74) is 7.26. The van der Waals surface area contributed by atoms with E-state index >= 15 is 0 Å². The third-order valence-corrected chi connectivity index (χ3v) is 3.94. The number of carbonyl (C=O) groups is 1. The van der Waals surface area contributed by atoms with Gasteiger partial charge in [-0.3, -0.25) is 10.1 Å². The zero-order valence-corrected chi connectivity index (χ0v) is 13.4. The maximum Gasteiger partial charge on any atom is 0.278 e. The van der Waals surface area contributed by atoms with Gasteiger partial charge in [-0.05, 0) is 13.3 Å². The maximum absolute atomic E-state index is 12.3. The Morgan fingerprint density at radius 2 is 2.14 bits per heavy atom. The standard InChI is InChI=1S/C14H19N5OS/c1-5-10-8(4)21-14(17-10)19-13(20)11-9(15)6-16-12(18-11)7(2)3/h6-7H,5,15H2,1-4H3,(H,17,19,20). The number of nitrogens with one attached hydrogen (secondary N) is 1. The molecule has 1 amide bonds. The molecule has 2 aromatic rings. The molecule has 0 atom stereocenters. The summed E-state index contributed by atoms with van der Waals surface area (Å²) in [6, 6.07) is 0. The van der Waals surface area contributed by atoms with Crippen LogP contribution >= 0.6 is 11.3 Å². The zero-order chi connectivity index (χ0) is 15.6. The number of thiazole rings is 1. The molecule has 0 spiro atoms. The van der Waals surface area contributed by atoms with Gasteiger partial charge in [-0.25, -0.2) is 15.0 Å². The molecule has 2 rings (SSSR count). The molecule has 112 valence electrons. The fourth-order valence-corrected chi connectivity index (χ4v) is 2.73. The van der Waals surface area contributed by atoms with Crippen molar-refractivity contribution in [2.75, 3.05) is 11.1 Å². The van der Waals surface area contributed by atoms with E-state index in [0.29, 0.717) is 11.0 Å². The summed E-state index contributed by atoms with van der Waals surface area (Å²) in [4.78, 5) is 26.2. The van der Waals surface area contributed by atoms with Crippen LogP contribution in [0.5, 0.6) is 0 Å². The van der Waals surface area contributed by atoms with Crippen molar-refractivity contribution in [3.8, 4) is 0 Å². The summed E-state index contributed by atoms with van der Waals surface area (Å²) in [7, 11) is 0. The summed E-state index contributed by atoms with van der Waals surface area (Å²) < 4.78 is 0. The predicted octanol–water partition coefficient (Wildman–Crippen LogP) is 2.76. The van der Waals surface area contributed by atoms with Crippen LogP contribution in [0.25, 0.3) is 0 Å². The number of hydrogen-bond donors (Lipinski definition) is 2. The minimum absolute atomic E-state index is 0.131. The van der Waals surface area contributed by atoms with E-state index in [-0.39, 0.29) is 23.2 Å². The fraction of sp³-hybridized carbons (Fsp3) is 0.429. The first kappa shape index (κ1) is 15.4. The third kappa shape index (κ3) is 3.36. The summed E-state index contributed by atoms with van der Waals surface area (Å²) in [6.45, 7) is 7.95. The van der Waals surface area contributed by atoms with Crippen molar-refractivity contribution < 1.29 is 4.79 Å². The number of nitrogen functional groups attached to an aromatic ring is 1. The van der Waals surface area contributed by atoms with Gasteiger partial charge in [0.05, 0.1) is 17.6 Å². The number of anilines is 2. The van der Waals surface area contributed by atoms with Crippen molar-refractivity contribution >= 4 is 28.1 Å². The molecule has 0 saturated heterocycles. The van der Waals surface area contributed by atoms with E-state index in [1.807, 2.05) is 27.7 Å². The van der Waals surface area contributed by atoms with Crippen LogP contribution in [0, 0.1) is 6.92 Å². The fourth-order valence-electron chi connectivity index (χ4n) is 1.83. The van der Waals surface area contributed by atoms with Crippen molar-refractivity contribution in [3.63, 3.8) is 0 Å². The molecule has 0 unspecified atom stereocenters. The minimum Gasteiger partial charge on any atom is -0.396 e. The van der Waals surface area contributed by atoms with Crippen LogP contribution in [0.3, 0.4) is 0 Å². The second-order valence-electron chi connectivity index (χ2n) is 5.02. The van der Waals surface area contributed by atoms with Crippen molar-refractivity contribution in [1.29, 1.82) is 0 Å². The zero-order valence-electron chi connectivity index (χ0n) is 12.6. The van der Waals surface area contributed by atoms with E-state index in [9.17, 15) is 4.79 Å². The van der Waals surface area contributed by atoms with E-state index in [2.05, 4.69) is 20.3 Å². The number of rotatable bonds is 4. The average molecular weight is 305 g/mol. The van der Waals surface area contributed by atoms with Gasteiger partial charge in [-0.1, -0.05) is 20.8 Å². The van der Waals surface area contributed by atoms with Crippen molar-refractivity contribution in [1.82, 2.24) is 15.0 Å². The second kappa shape index (κ2) is 6.17. The molecule has 0 aliphatic rings. The van der Waals surface area contributed by atoms with Crippen LogP contribution in [-0.2, 0) is 6.42 Å². The topological polar surface area (TPSA) is 93.8 Å². The Labute approximate surface area is 127 Å². The molecule has 0 aliphatic carbocycles. The molecule has 3 N–H and O–H groups in total. The SMILES string of the molecule is CCc1nc(NC(=O)c2nc(C(C)C)ncc2N)sc1C. The Kier molecular flexibility index (Phi) is 4.52. The number of amides is 1. The highest BCUT2D eigenvalue weighted by atomic mass is 32.1. The first-order chi connectivity index (χ1) is 9.92. The van der Waals surface area contributed by atoms with Gasteiger partial charge in [0.1, 0.15) is 5.82 Å². The number of nitrogens with two attached hydrogens (primary N) is 1. The molecule has 0 saturated carbocycles. The lowest BCUT2D eigenvalue weighted by Crippen LogP contribution is -2.17. The predicted molar refractivity (Wildman–Crippen MR) is 84.7 cm³/mol. The molecular weight excluding hydrogens is 286 g/mol. The highest BCUT2D eigenvalue weighted by molar-refractivity contribution is 7.15. The lowest BCUT2D eigenvalue weighted by molar-refractivity contribution is 0.102. The molecule has 7 heteroatoms. The monoisotopic (exact) mass is 305 g/mol. The number of carbonyl (C=O) groups excluding carboxylic acids is 1. The average Bonchev–Trinajstić information content (AvgIpc) is 2.78. The van der Waals surface area contributed by atoms with Gasteiger partial charge >= 0.3 is 0 Å². The quantitative estimate of drug-likeness (QED) is 0.905. The van der Waals surface area contributed by atoms with Crippen LogP contribution in [0.15, 0.2) is 6.20 Å². The summed E-state index contributed by atoms with van der Waals surface area (Å²) in [5, 5.41) is 3.33. The van der Waals surface area contributed by atoms with Crippen LogP contribution in [0.4, 0.5) is 10.8 Å². The lowest BCUT2D eigenvalue weighted by Gasteiger charge is -2.08. The summed E-state index contributed by atoms with van der Waals surface area (Å²) >= 11 is 1.45. The first-order valence-electron chi connectivity index (χ1n) is 6.82. The van der Waals surface area contributed by atoms with E-state index in [1.165, 1.54) is 17.5 Å². The maximum atomic E-state index is 12.3. The van der Waals surface area contributed by atoms with Gasteiger partial charge in [0, 0.05) is 10.8 Å². The molecule has 2 aromatic heterocycles. The molecule has 0 bridgehead atoms. The van der Waals surface area contributed by atoms with Crippen molar-refractivity contribution in [3.05, 3.63) is 28.3 Å². The van der Waals surface area contributed by atoms with Crippen LogP contribution in [0.2, 0.25) is 0 Å². The Morgan fingerprint density at radius 3 is 2.71 bits per heavy atom. The molecule has 0 radical (unpaired) electrons. The number of aryl methyl sites for hydroxylation is 2. The van der Waals surface area contributed by atoms with E-state index in [0.717, 1.165) is 17.0 Å². The highest BCUT2D eigenvalue weighted by Gasteiger charge is 2.17. The molecule has 21 heavy (non-hydrogen) atoms. The van der Waals surface area contributed by atoms with Gasteiger partial charge in [0.25, 0.3) is 5.91 Å². The van der Waals surface area contributed by atoms with Gasteiger partial charge in [-0.2, -0.15) is 0 Å². The van der Waals surface area contributed by atoms with Crippen LogP contribution in [-0.4, -0.2) is 20.9 Å². The number of aromatic nitrogens is 3. The molecule has 6 nitrogen and oxygen atoms in total. The van der Waals surface area contributed by atoms with E-state index in [1.54, 1.807) is 0 Å². The van der Waals surface area contributed by atoms with Crippen molar-refractivity contribution in [2.24, 2.45) is 0 Å². The Bertz CT molecular complexity index is 665. The molecule has 0 aliphatic heterocycles. The Balaban J connectivity index is 2.25. The second-order valence-corrected chi connectivity index (χ2v) is 6.22. The van der Waals surface area contributed by atoms with Crippen LogP contribution < -0.4 is 11.1 Å². The largest absolute Gasteiger partial charge is 0.396 e. The van der Waals surface area contributed by atoms with E-state index < -0.39 is 0 Å². The third-order valence-electron chi connectivity index (χ3n) is 3.02. The first-order valence-corrected chi connectivity index (χ1v) is 7.64. The van der Waals surface area contributed by atoms with Gasteiger partial charge < -0.3 is 5.73 Å². The Hall–Kier alpha value is -2.02. The van der Waals surface area contributed by atoms with Crippen LogP contribution in [0.1, 0.15) is 53.6 Å². The molecule has 2 heterocycles. The summed E-state index contributed by atoms with van der Waals surface area (Å²) in [5.74, 6) is 0.373. The molecular formula is C14H19N5OS. The smallest absolute Gasteiger partial charge is 0.278 e. The normalized spacial score (nSPS) is 10.9. The van der Waals surface area contributed by atoms with Gasteiger partial charge in [0.2, 0.25) is 0 Å². The van der Waals surface area contributed by atoms with Crippen molar-refractivity contribution in [2.45, 2.75) is 40.0 Å². The lowest BCUT2D eigenvalue weighted by atomic mass is 10.2. The van der Waals surface area contributed by atoms with E-state index in [4.69, 9.17) is 5.73 Å². The minimum atomic E-state index is -0.354.